The maximum atomic E-state index is 11.6. The van der Waals surface area contributed by atoms with E-state index in [1.165, 1.54) is 0 Å². The van der Waals surface area contributed by atoms with Gasteiger partial charge < -0.3 is 11.5 Å². The topological polar surface area (TPSA) is 86.9 Å². The van der Waals surface area contributed by atoms with Crippen LogP contribution in [0, 0.1) is 0 Å². The van der Waals surface area contributed by atoms with Crippen LogP contribution in [0.5, 0.6) is 0 Å². The lowest BCUT2D eigenvalue weighted by atomic mass is 10.1. The summed E-state index contributed by atoms with van der Waals surface area (Å²) in [4.78, 5) is 15.9. The molecule has 5 nitrogen and oxygen atoms in total. The number of rotatable bonds is 3. The lowest BCUT2D eigenvalue weighted by Crippen LogP contribution is -2.14. The molecular formula is C16H14N4O. The van der Waals surface area contributed by atoms with Crippen molar-refractivity contribution in [3.63, 3.8) is 0 Å². The van der Waals surface area contributed by atoms with E-state index >= 15 is 0 Å². The molecule has 104 valence electrons. The van der Waals surface area contributed by atoms with Crippen LogP contribution in [0.3, 0.4) is 0 Å². The third kappa shape index (κ3) is 2.36. The molecule has 0 aliphatic rings. The van der Waals surface area contributed by atoms with Gasteiger partial charge in [-0.25, -0.2) is 4.98 Å². The van der Waals surface area contributed by atoms with Gasteiger partial charge in [-0.1, -0.05) is 12.1 Å². The Balaban J connectivity index is 2.16. The summed E-state index contributed by atoms with van der Waals surface area (Å²) in [6.45, 7) is 0. The SMILES string of the molecule is NC(=O)c1ccccc1-n1ccnc1-c1ccc(N)cc1. The fraction of sp³-hybridized carbons (Fsp3) is 0. The molecule has 21 heavy (non-hydrogen) atoms. The smallest absolute Gasteiger partial charge is 0.250 e. The van der Waals surface area contributed by atoms with Gasteiger partial charge in [0.1, 0.15) is 5.82 Å². The highest BCUT2D eigenvalue weighted by Crippen LogP contribution is 2.24. The van der Waals surface area contributed by atoms with Gasteiger partial charge >= 0.3 is 0 Å². The molecule has 1 aromatic heterocycles. The van der Waals surface area contributed by atoms with E-state index in [0.29, 0.717) is 16.9 Å². The zero-order chi connectivity index (χ0) is 14.8. The maximum absolute atomic E-state index is 11.6. The predicted octanol–water partition coefficient (Wildman–Crippen LogP) is 2.22. The summed E-state index contributed by atoms with van der Waals surface area (Å²) < 4.78 is 1.84. The second kappa shape index (κ2) is 5.13. The van der Waals surface area contributed by atoms with E-state index in [-0.39, 0.29) is 0 Å². The van der Waals surface area contributed by atoms with Gasteiger partial charge in [-0.2, -0.15) is 0 Å². The Labute approximate surface area is 121 Å². The third-order valence-electron chi connectivity index (χ3n) is 3.24. The predicted molar refractivity (Wildman–Crippen MR) is 81.9 cm³/mol. The van der Waals surface area contributed by atoms with Gasteiger partial charge in [0, 0.05) is 23.6 Å². The van der Waals surface area contributed by atoms with Gasteiger partial charge in [0.05, 0.1) is 11.3 Å². The molecule has 2 aromatic carbocycles. The van der Waals surface area contributed by atoms with Crippen LogP contribution in [0.1, 0.15) is 10.4 Å². The van der Waals surface area contributed by atoms with Crippen molar-refractivity contribution < 1.29 is 4.79 Å². The monoisotopic (exact) mass is 278 g/mol. The number of benzene rings is 2. The molecule has 0 bridgehead atoms. The Kier molecular flexibility index (Phi) is 3.16. The number of imidazole rings is 1. The Hall–Kier alpha value is -3.08. The average molecular weight is 278 g/mol. The number of amides is 1. The van der Waals surface area contributed by atoms with E-state index < -0.39 is 5.91 Å². The summed E-state index contributed by atoms with van der Waals surface area (Å²) in [6.07, 6.45) is 3.48. The Morgan fingerprint density at radius 2 is 1.76 bits per heavy atom. The van der Waals surface area contributed by atoms with Crippen molar-refractivity contribution in [1.29, 1.82) is 0 Å². The number of nitrogens with two attached hydrogens (primary N) is 2. The van der Waals surface area contributed by atoms with Crippen LogP contribution >= 0.6 is 0 Å². The molecule has 0 aliphatic heterocycles. The first-order valence-corrected chi connectivity index (χ1v) is 6.45. The zero-order valence-corrected chi connectivity index (χ0v) is 11.2. The highest BCUT2D eigenvalue weighted by Gasteiger charge is 2.13. The molecule has 1 heterocycles. The van der Waals surface area contributed by atoms with Gasteiger partial charge in [-0.3, -0.25) is 9.36 Å². The van der Waals surface area contributed by atoms with Gasteiger partial charge in [0.2, 0.25) is 0 Å². The van der Waals surface area contributed by atoms with Crippen molar-refractivity contribution in [3.05, 3.63) is 66.5 Å². The number of aromatic nitrogens is 2. The average Bonchev–Trinajstić information content (AvgIpc) is 2.97. The van der Waals surface area contributed by atoms with E-state index in [9.17, 15) is 4.79 Å². The number of nitrogens with zero attached hydrogens (tertiary/aromatic N) is 2. The molecule has 0 saturated heterocycles. The van der Waals surface area contributed by atoms with Crippen molar-refractivity contribution >= 4 is 11.6 Å². The fourth-order valence-electron chi connectivity index (χ4n) is 2.24. The lowest BCUT2D eigenvalue weighted by Gasteiger charge is -2.11. The molecular weight excluding hydrogens is 264 g/mol. The molecule has 1 amide bonds. The Morgan fingerprint density at radius 1 is 1.05 bits per heavy atom. The largest absolute Gasteiger partial charge is 0.399 e. The number of para-hydroxylation sites is 1. The minimum Gasteiger partial charge on any atom is -0.399 e. The van der Waals surface area contributed by atoms with Crippen molar-refractivity contribution in [1.82, 2.24) is 9.55 Å². The molecule has 3 aromatic rings. The van der Waals surface area contributed by atoms with Crippen LogP contribution in [0.4, 0.5) is 5.69 Å². The van der Waals surface area contributed by atoms with Crippen LogP contribution in [-0.4, -0.2) is 15.5 Å². The van der Waals surface area contributed by atoms with E-state index in [2.05, 4.69) is 4.98 Å². The first kappa shape index (κ1) is 12.9. The first-order chi connectivity index (χ1) is 10.2. The fourth-order valence-corrected chi connectivity index (χ4v) is 2.24. The summed E-state index contributed by atoms with van der Waals surface area (Å²) in [7, 11) is 0. The molecule has 0 radical (unpaired) electrons. The number of anilines is 1. The minimum atomic E-state index is -0.470. The number of nitrogen functional groups attached to an aromatic ring is 1. The molecule has 0 spiro atoms. The second-order valence-electron chi connectivity index (χ2n) is 4.62. The first-order valence-electron chi connectivity index (χ1n) is 6.45. The highest BCUT2D eigenvalue weighted by atomic mass is 16.1. The van der Waals surface area contributed by atoms with Crippen LogP contribution in [-0.2, 0) is 0 Å². The summed E-state index contributed by atoms with van der Waals surface area (Å²) in [5.74, 6) is 0.256. The summed E-state index contributed by atoms with van der Waals surface area (Å²) in [6, 6.07) is 14.6. The summed E-state index contributed by atoms with van der Waals surface area (Å²) >= 11 is 0. The molecule has 3 rings (SSSR count). The second-order valence-corrected chi connectivity index (χ2v) is 4.62. The Morgan fingerprint density at radius 3 is 2.48 bits per heavy atom. The van der Waals surface area contributed by atoms with Crippen molar-refractivity contribution in [2.75, 3.05) is 5.73 Å². The number of primary amides is 1. The zero-order valence-electron chi connectivity index (χ0n) is 11.2. The van der Waals surface area contributed by atoms with E-state index in [1.54, 1.807) is 24.5 Å². The van der Waals surface area contributed by atoms with Crippen LogP contribution in [0.15, 0.2) is 60.9 Å². The van der Waals surface area contributed by atoms with Crippen molar-refractivity contribution in [3.8, 4) is 17.1 Å². The lowest BCUT2D eigenvalue weighted by molar-refractivity contribution is 0.100. The highest BCUT2D eigenvalue weighted by molar-refractivity contribution is 5.96. The summed E-state index contributed by atoms with van der Waals surface area (Å²) in [5, 5.41) is 0. The van der Waals surface area contributed by atoms with E-state index in [1.807, 2.05) is 41.0 Å². The summed E-state index contributed by atoms with van der Waals surface area (Å²) in [5.41, 5.74) is 13.9. The molecule has 0 saturated carbocycles. The van der Waals surface area contributed by atoms with E-state index in [0.717, 1.165) is 11.4 Å². The number of hydrogen-bond acceptors (Lipinski definition) is 3. The van der Waals surface area contributed by atoms with Crippen LogP contribution in [0.25, 0.3) is 17.1 Å². The molecule has 0 aliphatic carbocycles. The number of hydrogen-bond donors (Lipinski definition) is 2. The van der Waals surface area contributed by atoms with Gasteiger partial charge in [0.25, 0.3) is 5.91 Å². The van der Waals surface area contributed by atoms with Crippen molar-refractivity contribution in [2.45, 2.75) is 0 Å². The molecule has 4 N–H and O–H groups in total. The molecule has 0 atom stereocenters. The number of carbonyl (C=O) groups is 1. The molecule has 0 fully saturated rings. The number of carbonyl (C=O) groups excluding carboxylic acids is 1. The molecule has 0 unspecified atom stereocenters. The van der Waals surface area contributed by atoms with Gasteiger partial charge in [0.15, 0.2) is 0 Å². The minimum absolute atomic E-state index is 0.451. The third-order valence-corrected chi connectivity index (χ3v) is 3.24. The standard InChI is InChI=1S/C16H14N4O/c17-12-7-5-11(6-8-12)16-19-9-10-20(16)14-4-2-1-3-13(14)15(18)21/h1-10H,17H2,(H2,18,21). The van der Waals surface area contributed by atoms with Gasteiger partial charge in [-0.15, -0.1) is 0 Å². The molecule has 5 heteroatoms. The van der Waals surface area contributed by atoms with Gasteiger partial charge in [-0.05, 0) is 36.4 Å². The maximum Gasteiger partial charge on any atom is 0.250 e. The van der Waals surface area contributed by atoms with Crippen LogP contribution < -0.4 is 11.5 Å². The quantitative estimate of drug-likeness (QED) is 0.720. The van der Waals surface area contributed by atoms with Crippen LogP contribution in [0.2, 0.25) is 0 Å². The Bertz CT molecular complexity index is 790. The normalized spacial score (nSPS) is 10.5. The van der Waals surface area contributed by atoms with Crippen molar-refractivity contribution in [2.24, 2.45) is 5.73 Å². The van der Waals surface area contributed by atoms with E-state index in [4.69, 9.17) is 11.5 Å².